The number of ketones is 1. The van der Waals surface area contributed by atoms with Crippen LogP contribution in [-0.4, -0.2) is 11.9 Å². The van der Waals surface area contributed by atoms with E-state index < -0.39 is 6.10 Å². The van der Waals surface area contributed by atoms with Crippen LogP contribution >= 0.6 is 15.9 Å². The number of carbonyl (C=O) groups excluding carboxylic acids is 1. The SMILES string of the molecule is O=C(c1ccccc1)C1Oc2ccccc2C1Nc1ccc(Br)cc1. The van der Waals surface area contributed by atoms with Crippen LogP contribution in [0.1, 0.15) is 22.0 Å². The fourth-order valence-electron chi connectivity index (χ4n) is 3.06. The lowest BCUT2D eigenvalue weighted by molar-refractivity contribution is 0.0802. The Morgan fingerprint density at radius 3 is 2.32 bits per heavy atom. The van der Waals surface area contributed by atoms with Crippen LogP contribution in [0.2, 0.25) is 0 Å². The van der Waals surface area contributed by atoms with Crippen molar-refractivity contribution in [3.63, 3.8) is 0 Å². The topological polar surface area (TPSA) is 38.3 Å². The van der Waals surface area contributed by atoms with Crippen LogP contribution < -0.4 is 10.1 Å². The Morgan fingerprint density at radius 2 is 1.56 bits per heavy atom. The van der Waals surface area contributed by atoms with Gasteiger partial charge in [-0.05, 0) is 30.3 Å². The van der Waals surface area contributed by atoms with Gasteiger partial charge in [-0.3, -0.25) is 4.79 Å². The van der Waals surface area contributed by atoms with Crippen LogP contribution in [-0.2, 0) is 0 Å². The van der Waals surface area contributed by atoms with Gasteiger partial charge in [0, 0.05) is 21.3 Å². The van der Waals surface area contributed by atoms with Crippen molar-refractivity contribution in [1.29, 1.82) is 0 Å². The predicted molar refractivity (Wildman–Crippen MR) is 102 cm³/mol. The van der Waals surface area contributed by atoms with Gasteiger partial charge in [-0.2, -0.15) is 0 Å². The van der Waals surface area contributed by atoms with Crippen molar-refractivity contribution in [3.05, 3.63) is 94.5 Å². The molecular weight excluding hydrogens is 378 g/mol. The number of hydrogen-bond acceptors (Lipinski definition) is 3. The van der Waals surface area contributed by atoms with E-state index in [1.165, 1.54) is 0 Å². The van der Waals surface area contributed by atoms with Crippen LogP contribution in [0.4, 0.5) is 5.69 Å². The average molecular weight is 394 g/mol. The van der Waals surface area contributed by atoms with Gasteiger partial charge in [0.15, 0.2) is 6.10 Å². The highest BCUT2D eigenvalue weighted by atomic mass is 79.9. The molecule has 3 nitrogen and oxygen atoms in total. The lowest BCUT2D eigenvalue weighted by Crippen LogP contribution is -2.33. The standard InChI is InChI=1S/C21H16BrNO2/c22-15-10-12-16(13-11-15)23-19-17-8-4-5-9-18(17)25-21(19)20(24)14-6-2-1-3-7-14/h1-13,19,21,23H. The third kappa shape index (κ3) is 3.17. The van der Waals surface area contributed by atoms with Gasteiger partial charge < -0.3 is 10.1 Å². The molecule has 0 saturated carbocycles. The normalized spacial score (nSPS) is 18.3. The molecule has 0 radical (unpaired) electrons. The van der Waals surface area contributed by atoms with Crippen molar-refractivity contribution in [2.75, 3.05) is 5.32 Å². The van der Waals surface area contributed by atoms with Crippen LogP contribution in [0.5, 0.6) is 5.75 Å². The summed E-state index contributed by atoms with van der Waals surface area (Å²) in [6, 6.07) is 24.8. The molecule has 1 heterocycles. The van der Waals surface area contributed by atoms with Crippen molar-refractivity contribution >= 4 is 27.4 Å². The molecule has 25 heavy (non-hydrogen) atoms. The maximum Gasteiger partial charge on any atom is 0.205 e. The van der Waals surface area contributed by atoms with Gasteiger partial charge in [0.25, 0.3) is 0 Å². The average Bonchev–Trinajstić information content (AvgIpc) is 3.02. The van der Waals surface area contributed by atoms with Crippen LogP contribution in [0.15, 0.2) is 83.3 Å². The van der Waals surface area contributed by atoms with Gasteiger partial charge in [-0.25, -0.2) is 0 Å². The van der Waals surface area contributed by atoms with Gasteiger partial charge in [0.1, 0.15) is 5.75 Å². The van der Waals surface area contributed by atoms with E-state index >= 15 is 0 Å². The van der Waals surface area contributed by atoms with Gasteiger partial charge in [0.05, 0.1) is 6.04 Å². The number of halogens is 1. The number of benzene rings is 3. The summed E-state index contributed by atoms with van der Waals surface area (Å²) in [5, 5.41) is 3.46. The number of rotatable bonds is 4. The number of nitrogens with one attached hydrogen (secondary N) is 1. The van der Waals surface area contributed by atoms with E-state index in [1.807, 2.05) is 78.9 Å². The molecule has 4 heteroatoms. The second-order valence-electron chi connectivity index (χ2n) is 5.94. The minimum absolute atomic E-state index is 0.0218. The van der Waals surface area contributed by atoms with E-state index in [4.69, 9.17) is 4.74 Å². The molecule has 0 bridgehead atoms. The molecule has 0 saturated heterocycles. The van der Waals surface area contributed by atoms with E-state index in [9.17, 15) is 4.79 Å². The molecule has 1 N–H and O–H groups in total. The molecule has 0 amide bonds. The molecule has 3 aromatic rings. The summed E-state index contributed by atoms with van der Waals surface area (Å²) in [6.45, 7) is 0. The minimum Gasteiger partial charge on any atom is -0.479 e. The molecule has 1 aliphatic rings. The highest BCUT2D eigenvalue weighted by Gasteiger charge is 2.39. The van der Waals surface area contributed by atoms with Gasteiger partial charge >= 0.3 is 0 Å². The van der Waals surface area contributed by atoms with E-state index in [2.05, 4.69) is 21.2 Å². The summed E-state index contributed by atoms with van der Waals surface area (Å²) in [5.74, 6) is 0.734. The summed E-state index contributed by atoms with van der Waals surface area (Å²) in [5.41, 5.74) is 2.60. The number of hydrogen-bond donors (Lipinski definition) is 1. The molecule has 0 spiro atoms. The fraction of sp³-hybridized carbons (Fsp3) is 0.0952. The third-order valence-corrected chi connectivity index (χ3v) is 4.82. The van der Waals surface area contributed by atoms with E-state index in [1.54, 1.807) is 0 Å². The van der Waals surface area contributed by atoms with Crippen molar-refractivity contribution in [3.8, 4) is 5.75 Å². The summed E-state index contributed by atoms with van der Waals surface area (Å²) in [7, 11) is 0. The smallest absolute Gasteiger partial charge is 0.205 e. The Morgan fingerprint density at radius 1 is 0.880 bits per heavy atom. The molecule has 1 aliphatic heterocycles. The lowest BCUT2D eigenvalue weighted by atomic mass is 9.96. The summed E-state index contributed by atoms with van der Waals surface area (Å²) < 4.78 is 7.02. The maximum absolute atomic E-state index is 13.0. The molecule has 4 rings (SSSR count). The summed E-state index contributed by atoms with van der Waals surface area (Å²) >= 11 is 3.44. The van der Waals surface area contributed by atoms with Crippen molar-refractivity contribution in [1.82, 2.24) is 0 Å². The lowest BCUT2D eigenvalue weighted by Gasteiger charge is -2.20. The number of para-hydroxylation sites is 1. The Labute approximate surface area is 154 Å². The Bertz CT molecular complexity index is 893. The molecule has 0 aliphatic carbocycles. The molecular formula is C21H16BrNO2. The van der Waals surface area contributed by atoms with Gasteiger partial charge in [-0.1, -0.05) is 64.5 Å². The Balaban J connectivity index is 1.68. The zero-order valence-electron chi connectivity index (χ0n) is 13.4. The van der Waals surface area contributed by atoms with E-state index in [0.29, 0.717) is 5.56 Å². The number of ether oxygens (including phenoxy) is 1. The molecule has 124 valence electrons. The highest BCUT2D eigenvalue weighted by Crippen LogP contribution is 2.39. The largest absolute Gasteiger partial charge is 0.479 e. The maximum atomic E-state index is 13.0. The predicted octanol–water partition coefficient (Wildman–Crippen LogP) is 5.25. The highest BCUT2D eigenvalue weighted by molar-refractivity contribution is 9.10. The molecule has 3 aromatic carbocycles. The zero-order chi connectivity index (χ0) is 17.2. The van der Waals surface area contributed by atoms with E-state index in [0.717, 1.165) is 21.5 Å². The zero-order valence-corrected chi connectivity index (χ0v) is 14.9. The number of anilines is 1. The summed E-state index contributed by atoms with van der Waals surface area (Å²) in [6.07, 6.45) is -0.594. The van der Waals surface area contributed by atoms with Gasteiger partial charge in [0.2, 0.25) is 5.78 Å². The fourth-order valence-corrected chi connectivity index (χ4v) is 3.33. The van der Waals surface area contributed by atoms with Crippen molar-refractivity contribution < 1.29 is 9.53 Å². The number of Topliss-reactive ketones (excluding diaryl/α,β-unsaturated/α-hetero) is 1. The second kappa shape index (κ2) is 6.73. The first kappa shape index (κ1) is 15.9. The van der Waals surface area contributed by atoms with Gasteiger partial charge in [-0.15, -0.1) is 0 Å². The second-order valence-corrected chi connectivity index (χ2v) is 6.85. The Hall–Kier alpha value is -2.59. The monoisotopic (exact) mass is 393 g/mol. The first-order chi connectivity index (χ1) is 12.2. The number of carbonyl (C=O) groups is 1. The Kier molecular flexibility index (Phi) is 4.28. The first-order valence-electron chi connectivity index (χ1n) is 8.09. The molecule has 2 atom stereocenters. The van der Waals surface area contributed by atoms with Crippen molar-refractivity contribution in [2.24, 2.45) is 0 Å². The molecule has 0 fully saturated rings. The quantitative estimate of drug-likeness (QED) is 0.615. The van der Waals surface area contributed by atoms with Crippen LogP contribution in [0.25, 0.3) is 0 Å². The molecule has 2 unspecified atom stereocenters. The molecule has 0 aromatic heterocycles. The third-order valence-electron chi connectivity index (χ3n) is 4.29. The van der Waals surface area contributed by atoms with Crippen molar-refractivity contribution in [2.45, 2.75) is 12.1 Å². The summed E-state index contributed by atoms with van der Waals surface area (Å²) in [4.78, 5) is 13.0. The first-order valence-corrected chi connectivity index (χ1v) is 8.88. The van der Waals surface area contributed by atoms with E-state index in [-0.39, 0.29) is 11.8 Å². The van der Waals surface area contributed by atoms with Crippen LogP contribution in [0.3, 0.4) is 0 Å². The number of fused-ring (bicyclic) bond motifs is 1. The minimum atomic E-state index is -0.594. The van der Waals surface area contributed by atoms with Crippen LogP contribution in [0, 0.1) is 0 Å².